The van der Waals surface area contributed by atoms with Crippen LogP contribution in [0.3, 0.4) is 0 Å². The van der Waals surface area contributed by atoms with Gasteiger partial charge in [0.2, 0.25) is 0 Å². The van der Waals surface area contributed by atoms with Crippen LogP contribution in [-0.4, -0.2) is 17.5 Å². The fraction of sp³-hybridized carbons (Fsp3) is 0.231. The molecule has 0 aliphatic rings. The van der Waals surface area contributed by atoms with E-state index in [2.05, 4.69) is 37.4 Å². The normalized spacial score (nSPS) is 10.9. The molecule has 0 radical (unpaired) electrons. The van der Waals surface area contributed by atoms with Gasteiger partial charge < -0.3 is 10.1 Å². The van der Waals surface area contributed by atoms with Crippen LogP contribution in [0.1, 0.15) is 42.1 Å². The summed E-state index contributed by atoms with van der Waals surface area (Å²) >= 11 is 1.68. The highest BCUT2D eigenvalue weighted by Gasteiger charge is 2.09. The van der Waals surface area contributed by atoms with E-state index in [1.807, 2.05) is 36.4 Å². The molecule has 1 N–H and O–H groups in total. The first-order valence-electron chi connectivity index (χ1n) is 10.6. The third-order valence-electron chi connectivity index (χ3n) is 5.07. The van der Waals surface area contributed by atoms with Gasteiger partial charge in [-0.2, -0.15) is 0 Å². The number of nitrogens with one attached hydrogen (secondary N) is 1. The molecule has 0 bridgehead atoms. The van der Waals surface area contributed by atoms with Gasteiger partial charge in [0, 0.05) is 16.8 Å². The SMILES string of the molecule is CCCCCOc1ccc(C(=O)Nc2ccc(-c3nc4ccc(C)cc4s3)cc2)cc1. The van der Waals surface area contributed by atoms with E-state index < -0.39 is 0 Å². The van der Waals surface area contributed by atoms with E-state index in [-0.39, 0.29) is 5.91 Å². The van der Waals surface area contributed by atoms with Gasteiger partial charge in [-0.1, -0.05) is 25.8 Å². The number of thiazole rings is 1. The largest absolute Gasteiger partial charge is 0.494 e. The molecule has 1 heterocycles. The summed E-state index contributed by atoms with van der Waals surface area (Å²) in [5.41, 5.74) is 4.65. The van der Waals surface area contributed by atoms with Crippen molar-refractivity contribution in [3.8, 4) is 16.3 Å². The minimum absolute atomic E-state index is 0.138. The minimum Gasteiger partial charge on any atom is -0.494 e. The highest BCUT2D eigenvalue weighted by atomic mass is 32.1. The van der Waals surface area contributed by atoms with E-state index >= 15 is 0 Å². The lowest BCUT2D eigenvalue weighted by molar-refractivity contribution is 0.102. The van der Waals surface area contributed by atoms with Crippen LogP contribution in [0.2, 0.25) is 0 Å². The Morgan fingerprint density at radius 3 is 2.52 bits per heavy atom. The Morgan fingerprint density at radius 1 is 1.00 bits per heavy atom. The summed E-state index contributed by atoms with van der Waals surface area (Å²) in [6.45, 7) is 4.97. The zero-order valence-corrected chi connectivity index (χ0v) is 18.7. The number of ether oxygens (including phenoxy) is 1. The Kier molecular flexibility index (Phi) is 6.63. The number of fused-ring (bicyclic) bond motifs is 1. The van der Waals surface area contributed by atoms with Crippen molar-refractivity contribution in [3.63, 3.8) is 0 Å². The van der Waals surface area contributed by atoms with Crippen molar-refractivity contribution in [3.05, 3.63) is 77.9 Å². The molecule has 1 aromatic heterocycles. The number of hydrogen-bond acceptors (Lipinski definition) is 4. The van der Waals surface area contributed by atoms with Crippen LogP contribution in [0.4, 0.5) is 5.69 Å². The van der Waals surface area contributed by atoms with Gasteiger partial charge in [-0.05, 0) is 79.6 Å². The van der Waals surface area contributed by atoms with Crippen LogP contribution in [0.5, 0.6) is 5.75 Å². The van der Waals surface area contributed by atoms with Gasteiger partial charge in [0.1, 0.15) is 10.8 Å². The lowest BCUT2D eigenvalue weighted by Crippen LogP contribution is -2.11. The smallest absolute Gasteiger partial charge is 0.255 e. The molecular weight excluding hydrogens is 404 g/mol. The number of anilines is 1. The Balaban J connectivity index is 1.38. The van der Waals surface area contributed by atoms with Gasteiger partial charge in [-0.3, -0.25) is 4.79 Å². The van der Waals surface area contributed by atoms with Gasteiger partial charge in [0.25, 0.3) is 5.91 Å². The summed E-state index contributed by atoms with van der Waals surface area (Å²) < 4.78 is 6.89. The van der Waals surface area contributed by atoms with Gasteiger partial charge in [-0.25, -0.2) is 4.98 Å². The number of carbonyl (C=O) groups is 1. The second kappa shape index (κ2) is 9.75. The molecule has 158 valence electrons. The summed E-state index contributed by atoms with van der Waals surface area (Å²) in [7, 11) is 0. The molecule has 0 spiro atoms. The lowest BCUT2D eigenvalue weighted by atomic mass is 10.1. The number of unbranched alkanes of at least 4 members (excludes halogenated alkanes) is 2. The molecular formula is C26H26N2O2S. The molecule has 0 atom stereocenters. The molecule has 0 unspecified atom stereocenters. The van der Waals surface area contributed by atoms with E-state index in [1.54, 1.807) is 23.5 Å². The van der Waals surface area contributed by atoms with E-state index in [1.165, 1.54) is 16.7 Å². The Morgan fingerprint density at radius 2 is 1.77 bits per heavy atom. The minimum atomic E-state index is -0.138. The summed E-state index contributed by atoms with van der Waals surface area (Å²) in [4.78, 5) is 17.3. The highest BCUT2D eigenvalue weighted by Crippen LogP contribution is 2.31. The number of amides is 1. The molecule has 0 saturated heterocycles. The van der Waals surface area contributed by atoms with Crippen molar-refractivity contribution in [1.29, 1.82) is 0 Å². The van der Waals surface area contributed by atoms with E-state index in [0.717, 1.165) is 40.4 Å². The molecule has 4 nitrogen and oxygen atoms in total. The van der Waals surface area contributed by atoms with Gasteiger partial charge in [0.15, 0.2) is 0 Å². The second-order valence-electron chi connectivity index (χ2n) is 7.60. The summed E-state index contributed by atoms with van der Waals surface area (Å²) in [6.07, 6.45) is 3.38. The molecule has 0 aliphatic carbocycles. The summed E-state index contributed by atoms with van der Waals surface area (Å²) in [5, 5.41) is 3.93. The maximum Gasteiger partial charge on any atom is 0.255 e. The Labute approximate surface area is 186 Å². The zero-order chi connectivity index (χ0) is 21.6. The van der Waals surface area contributed by atoms with Gasteiger partial charge in [0.05, 0.1) is 16.8 Å². The van der Waals surface area contributed by atoms with Crippen LogP contribution in [0, 0.1) is 6.92 Å². The van der Waals surface area contributed by atoms with Gasteiger partial charge in [-0.15, -0.1) is 11.3 Å². The quantitative estimate of drug-likeness (QED) is 0.304. The van der Waals surface area contributed by atoms with Crippen LogP contribution < -0.4 is 10.1 Å². The molecule has 4 rings (SSSR count). The third kappa shape index (κ3) is 5.30. The number of aromatic nitrogens is 1. The van der Waals surface area contributed by atoms with E-state index in [0.29, 0.717) is 12.2 Å². The molecule has 5 heteroatoms. The molecule has 31 heavy (non-hydrogen) atoms. The van der Waals surface area contributed by atoms with Crippen LogP contribution in [0.15, 0.2) is 66.7 Å². The second-order valence-corrected chi connectivity index (χ2v) is 8.63. The fourth-order valence-corrected chi connectivity index (χ4v) is 4.37. The zero-order valence-electron chi connectivity index (χ0n) is 17.9. The average Bonchev–Trinajstić information content (AvgIpc) is 3.21. The van der Waals surface area contributed by atoms with Crippen molar-refractivity contribution in [2.24, 2.45) is 0 Å². The maximum absolute atomic E-state index is 12.6. The van der Waals surface area contributed by atoms with E-state index in [9.17, 15) is 4.79 Å². The van der Waals surface area contributed by atoms with Crippen LogP contribution >= 0.6 is 11.3 Å². The van der Waals surface area contributed by atoms with Crippen molar-refractivity contribution in [2.75, 3.05) is 11.9 Å². The number of hydrogen-bond donors (Lipinski definition) is 1. The third-order valence-corrected chi connectivity index (χ3v) is 6.13. The summed E-state index contributed by atoms with van der Waals surface area (Å²) in [6, 6.07) is 21.4. The molecule has 4 aromatic rings. The highest BCUT2D eigenvalue weighted by molar-refractivity contribution is 7.21. The first kappa shape index (κ1) is 21.1. The van der Waals surface area contributed by atoms with Crippen molar-refractivity contribution < 1.29 is 9.53 Å². The monoisotopic (exact) mass is 430 g/mol. The maximum atomic E-state index is 12.6. The Bertz CT molecular complexity index is 1160. The number of benzene rings is 3. The van der Waals surface area contributed by atoms with Crippen molar-refractivity contribution in [2.45, 2.75) is 33.1 Å². The van der Waals surface area contributed by atoms with Crippen molar-refractivity contribution >= 4 is 33.1 Å². The van der Waals surface area contributed by atoms with Crippen LogP contribution in [0.25, 0.3) is 20.8 Å². The van der Waals surface area contributed by atoms with Crippen molar-refractivity contribution in [1.82, 2.24) is 4.98 Å². The first-order chi connectivity index (χ1) is 15.1. The number of carbonyl (C=O) groups excluding carboxylic acids is 1. The van der Waals surface area contributed by atoms with E-state index in [4.69, 9.17) is 9.72 Å². The molecule has 3 aromatic carbocycles. The molecule has 0 aliphatic heterocycles. The Hall–Kier alpha value is -3.18. The van der Waals surface area contributed by atoms with Gasteiger partial charge >= 0.3 is 0 Å². The average molecular weight is 431 g/mol. The number of nitrogens with zero attached hydrogens (tertiary/aromatic N) is 1. The molecule has 1 amide bonds. The predicted octanol–water partition coefficient (Wildman–Crippen LogP) is 7.09. The van der Waals surface area contributed by atoms with Crippen LogP contribution in [-0.2, 0) is 0 Å². The summed E-state index contributed by atoms with van der Waals surface area (Å²) in [5.74, 6) is 0.656. The topological polar surface area (TPSA) is 51.2 Å². The standard InChI is InChI=1S/C26H26N2O2S/c1-3-4-5-16-30-22-13-9-19(10-14-22)25(29)27-21-11-7-20(8-12-21)26-28-23-15-6-18(2)17-24(23)31-26/h6-15,17H,3-5,16H2,1-2H3,(H,27,29). The number of aryl methyl sites for hydroxylation is 1. The lowest BCUT2D eigenvalue weighted by Gasteiger charge is -2.08. The first-order valence-corrected chi connectivity index (χ1v) is 11.5. The number of rotatable bonds is 8. The molecule has 0 fully saturated rings. The predicted molar refractivity (Wildman–Crippen MR) is 129 cm³/mol. The fourth-order valence-electron chi connectivity index (χ4n) is 3.30. The molecule has 0 saturated carbocycles.